The molecule has 4 heteroatoms. The minimum atomic E-state index is 0.445. The van der Waals surface area contributed by atoms with Crippen LogP contribution >= 0.6 is 0 Å². The van der Waals surface area contributed by atoms with Crippen molar-refractivity contribution in [2.75, 3.05) is 26.3 Å². The van der Waals surface area contributed by atoms with Gasteiger partial charge in [0.2, 0.25) is 0 Å². The average molecular weight is 312 g/mol. The fourth-order valence-electron chi connectivity index (χ4n) is 3.16. The first-order valence-electron chi connectivity index (χ1n) is 8.34. The molecule has 3 rings (SSSR count). The normalized spacial score (nSPS) is 20.9. The predicted molar refractivity (Wildman–Crippen MR) is 91.1 cm³/mol. The Kier molecular flexibility index (Phi) is 5.48. The summed E-state index contributed by atoms with van der Waals surface area (Å²) in [6.45, 7) is 5.25. The molecule has 1 aliphatic rings. The van der Waals surface area contributed by atoms with E-state index in [9.17, 15) is 0 Å². The first-order chi connectivity index (χ1) is 11.4. The summed E-state index contributed by atoms with van der Waals surface area (Å²) in [5, 5.41) is 3.48. The number of nitrogens with one attached hydrogen (secondary N) is 1. The van der Waals surface area contributed by atoms with Crippen LogP contribution in [0.2, 0.25) is 0 Å². The molecule has 1 aromatic carbocycles. The maximum atomic E-state index is 6.05. The molecule has 23 heavy (non-hydrogen) atoms. The zero-order chi connectivity index (χ0) is 15.9. The summed E-state index contributed by atoms with van der Waals surface area (Å²) in [6, 6.07) is 14.5. The summed E-state index contributed by atoms with van der Waals surface area (Å²) >= 11 is 0. The van der Waals surface area contributed by atoms with E-state index in [1.807, 2.05) is 19.1 Å². The Hall–Kier alpha value is -2.07. The molecule has 1 aromatic heterocycles. The van der Waals surface area contributed by atoms with Crippen molar-refractivity contribution < 1.29 is 9.47 Å². The number of ether oxygens (including phenoxy) is 2. The molecule has 1 N–H and O–H groups in total. The first kappa shape index (κ1) is 15.8. The fourth-order valence-corrected chi connectivity index (χ4v) is 3.16. The van der Waals surface area contributed by atoms with Crippen molar-refractivity contribution in [3.05, 3.63) is 54.2 Å². The fraction of sp³-hybridized carbons (Fsp3) is 0.421. The summed E-state index contributed by atoms with van der Waals surface area (Å²) in [4.78, 5) is 4.25. The Labute approximate surface area is 137 Å². The Bertz CT molecular complexity index is 603. The molecule has 1 saturated heterocycles. The lowest BCUT2D eigenvalue weighted by Crippen LogP contribution is -2.38. The molecule has 0 unspecified atom stereocenters. The average Bonchev–Trinajstić information content (AvgIpc) is 2.62. The van der Waals surface area contributed by atoms with Crippen LogP contribution in [0.3, 0.4) is 0 Å². The topological polar surface area (TPSA) is 43.4 Å². The largest absolute Gasteiger partial charge is 0.488 e. The van der Waals surface area contributed by atoms with Gasteiger partial charge in [-0.1, -0.05) is 30.3 Å². The highest BCUT2D eigenvalue weighted by Crippen LogP contribution is 2.32. The third-order valence-corrected chi connectivity index (χ3v) is 4.31. The van der Waals surface area contributed by atoms with Gasteiger partial charge < -0.3 is 14.8 Å². The first-order valence-corrected chi connectivity index (χ1v) is 8.34. The Morgan fingerprint density at radius 2 is 2.00 bits per heavy atom. The standard InChI is InChI=1S/C19H24N2O2/c1-2-22-19-18(9-6-11-21-19)23-14-16-13-20-12-10-17(16)15-7-4-3-5-8-15/h3-9,11,16-17,20H,2,10,12-14H2,1H3/t16-,17-/m1/s1. The SMILES string of the molecule is CCOc1ncccc1OC[C@H]1CNCC[C@@H]1c1ccccc1. The van der Waals surface area contributed by atoms with E-state index in [0.29, 0.717) is 30.9 Å². The Morgan fingerprint density at radius 1 is 1.13 bits per heavy atom. The van der Waals surface area contributed by atoms with Crippen molar-refractivity contribution in [2.45, 2.75) is 19.3 Å². The smallest absolute Gasteiger partial charge is 0.256 e. The zero-order valence-electron chi connectivity index (χ0n) is 13.6. The summed E-state index contributed by atoms with van der Waals surface area (Å²) in [5.74, 6) is 2.28. The van der Waals surface area contributed by atoms with Gasteiger partial charge in [-0.05, 0) is 43.5 Å². The van der Waals surface area contributed by atoms with Gasteiger partial charge in [0.1, 0.15) is 0 Å². The quantitative estimate of drug-likeness (QED) is 0.889. The molecule has 0 bridgehead atoms. The van der Waals surface area contributed by atoms with Crippen LogP contribution < -0.4 is 14.8 Å². The van der Waals surface area contributed by atoms with E-state index in [2.05, 4.69) is 40.6 Å². The molecule has 2 aromatic rings. The molecule has 2 heterocycles. The molecular formula is C19H24N2O2. The minimum Gasteiger partial charge on any atom is -0.488 e. The molecule has 1 aliphatic heterocycles. The number of benzene rings is 1. The lowest BCUT2D eigenvalue weighted by atomic mass is 9.81. The van der Waals surface area contributed by atoms with Gasteiger partial charge in [0.25, 0.3) is 5.88 Å². The number of pyridine rings is 1. The molecule has 122 valence electrons. The number of piperidine rings is 1. The van der Waals surface area contributed by atoms with Gasteiger partial charge in [-0.3, -0.25) is 0 Å². The second-order valence-corrected chi connectivity index (χ2v) is 5.82. The van der Waals surface area contributed by atoms with Crippen LogP contribution in [0.15, 0.2) is 48.7 Å². The van der Waals surface area contributed by atoms with Gasteiger partial charge in [-0.2, -0.15) is 0 Å². The van der Waals surface area contributed by atoms with E-state index in [4.69, 9.17) is 9.47 Å². The number of rotatable bonds is 6. The Morgan fingerprint density at radius 3 is 2.83 bits per heavy atom. The molecule has 0 amide bonds. The lowest BCUT2D eigenvalue weighted by molar-refractivity contribution is 0.187. The van der Waals surface area contributed by atoms with Crippen molar-refractivity contribution in [1.82, 2.24) is 10.3 Å². The van der Waals surface area contributed by atoms with E-state index >= 15 is 0 Å². The van der Waals surface area contributed by atoms with Gasteiger partial charge in [-0.25, -0.2) is 4.98 Å². The highest BCUT2D eigenvalue weighted by molar-refractivity contribution is 5.32. The van der Waals surface area contributed by atoms with Crippen LogP contribution in [0.25, 0.3) is 0 Å². The monoisotopic (exact) mass is 312 g/mol. The van der Waals surface area contributed by atoms with E-state index in [1.54, 1.807) is 6.20 Å². The van der Waals surface area contributed by atoms with Crippen LogP contribution in [0.5, 0.6) is 11.6 Å². The predicted octanol–water partition coefficient (Wildman–Crippen LogP) is 3.25. The molecule has 0 aliphatic carbocycles. The molecule has 0 radical (unpaired) electrons. The summed E-state index contributed by atoms with van der Waals surface area (Å²) in [5.41, 5.74) is 1.40. The van der Waals surface area contributed by atoms with Crippen LogP contribution in [0.4, 0.5) is 0 Å². The molecule has 0 saturated carbocycles. The van der Waals surface area contributed by atoms with E-state index < -0.39 is 0 Å². The third-order valence-electron chi connectivity index (χ3n) is 4.31. The number of nitrogens with zero attached hydrogens (tertiary/aromatic N) is 1. The molecule has 0 spiro atoms. The van der Waals surface area contributed by atoms with Gasteiger partial charge in [0.05, 0.1) is 13.2 Å². The van der Waals surface area contributed by atoms with Crippen molar-refractivity contribution in [2.24, 2.45) is 5.92 Å². The summed E-state index contributed by atoms with van der Waals surface area (Å²) < 4.78 is 11.6. The second-order valence-electron chi connectivity index (χ2n) is 5.82. The van der Waals surface area contributed by atoms with Gasteiger partial charge in [-0.15, -0.1) is 0 Å². The number of hydrogen-bond acceptors (Lipinski definition) is 4. The summed E-state index contributed by atoms with van der Waals surface area (Å²) in [6.07, 6.45) is 2.87. The van der Waals surface area contributed by atoms with Crippen LogP contribution in [0, 0.1) is 5.92 Å². The highest BCUT2D eigenvalue weighted by atomic mass is 16.5. The maximum absolute atomic E-state index is 6.05. The molecule has 2 atom stereocenters. The lowest BCUT2D eigenvalue weighted by Gasteiger charge is -2.32. The maximum Gasteiger partial charge on any atom is 0.256 e. The molecule has 4 nitrogen and oxygen atoms in total. The third kappa shape index (κ3) is 4.02. The van der Waals surface area contributed by atoms with Crippen molar-refractivity contribution in [1.29, 1.82) is 0 Å². The van der Waals surface area contributed by atoms with Crippen LogP contribution in [-0.4, -0.2) is 31.3 Å². The minimum absolute atomic E-state index is 0.445. The number of hydrogen-bond donors (Lipinski definition) is 1. The molecular weight excluding hydrogens is 288 g/mol. The summed E-state index contributed by atoms with van der Waals surface area (Å²) in [7, 11) is 0. The van der Waals surface area contributed by atoms with Crippen molar-refractivity contribution in [3.63, 3.8) is 0 Å². The van der Waals surface area contributed by atoms with E-state index in [1.165, 1.54) is 5.56 Å². The van der Waals surface area contributed by atoms with Gasteiger partial charge >= 0.3 is 0 Å². The van der Waals surface area contributed by atoms with Crippen LogP contribution in [0.1, 0.15) is 24.8 Å². The van der Waals surface area contributed by atoms with E-state index in [0.717, 1.165) is 25.3 Å². The zero-order valence-corrected chi connectivity index (χ0v) is 13.6. The van der Waals surface area contributed by atoms with Gasteiger partial charge in [0, 0.05) is 18.7 Å². The Balaban J connectivity index is 1.68. The van der Waals surface area contributed by atoms with Crippen molar-refractivity contribution >= 4 is 0 Å². The highest BCUT2D eigenvalue weighted by Gasteiger charge is 2.27. The molecule has 1 fully saturated rings. The number of aromatic nitrogens is 1. The van der Waals surface area contributed by atoms with Gasteiger partial charge in [0.15, 0.2) is 5.75 Å². The van der Waals surface area contributed by atoms with Crippen molar-refractivity contribution in [3.8, 4) is 11.6 Å². The van der Waals surface area contributed by atoms with E-state index in [-0.39, 0.29) is 0 Å². The second kappa shape index (κ2) is 7.97. The van der Waals surface area contributed by atoms with Crippen LogP contribution in [-0.2, 0) is 0 Å².